The van der Waals surface area contributed by atoms with Gasteiger partial charge < -0.3 is 5.32 Å². The van der Waals surface area contributed by atoms with Gasteiger partial charge in [-0.05, 0) is 43.9 Å². The maximum absolute atomic E-state index is 12.0. The van der Waals surface area contributed by atoms with E-state index < -0.39 is 0 Å². The molecule has 0 aliphatic heterocycles. The predicted octanol–water partition coefficient (Wildman–Crippen LogP) is 3.11. The quantitative estimate of drug-likeness (QED) is 0.836. The van der Waals surface area contributed by atoms with Gasteiger partial charge in [-0.15, -0.1) is 0 Å². The van der Waals surface area contributed by atoms with Crippen LogP contribution in [0.2, 0.25) is 0 Å². The van der Waals surface area contributed by atoms with Gasteiger partial charge in [-0.3, -0.25) is 4.79 Å². The van der Waals surface area contributed by atoms with Crippen molar-refractivity contribution in [1.29, 1.82) is 5.26 Å². The van der Waals surface area contributed by atoms with E-state index in [9.17, 15) is 4.79 Å². The molecule has 1 amide bonds. The molecule has 102 valence electrons. The first kappa shape index (κ1) is 15.0. The topological polar surface area (TPSA) is 52.9 Å². The van der Waals surface area contributed by atoms with E-state index >= 15 is 0 Å². The average Bonchev–Trinajstić information content (AvgIpc) is 2.34. The van der Waals surface area contributed by atoms with Gasteiger partial charge in [0, 0.05) is 12.5 Å². The second kappa shape index (κ2) is 6.22. The largest absolute Gasteiger partial charge is 0.355 e. The summed E-state index contributed by atoms with van der Waals surface area (Å²) in [4.78, 5) is 12.0. The lowest BCUT2D eigenvalue weighted by Gasteiger charge is -2.36. The molecule has 3 heteroatoms. The summed E-state index contributed by atoms with van der Waals surface area (Å²) in [5.74, 6) is 0.943. The summed E-state index contributed by atoms with van der Waals surface area (Å²) in [7, 11) is 0. The van der Waals surface area contributed by atoms with Crippen LogP contribution in [0, 0.1) is 34.5 Å². The molecule has 1 aliphatic carbocycles. The zero-order valence-corrected chi connectivity index (χ0v) is 12.1. The van der Waals surface area contributed by atoms with Crippen LogP contribution in [0.25, 0.3) is 0 Å². The SMILES string of the molecule is CC(C#N)CNC(=O)C1CCC(C(C)(C)C)CC1. The molecular weight excluding hydrogens is 224 g/mol. The highest BCUT2D eigenvalue weighted by Crippen LogP contribution is 2.39. The first-order valence-corrected chi connectivity index (χ1v) is 7.02. The minimum absolute atomic E-state index is 0.0973. The van der Waals surface area contributed by atoms with Crippen molar-refractivity contribution in [3.8, 4) is 6.07 Å². The molecule has 1 N–H and O–H groups in total. The highest BCUT2D eigenvalue weighted by Gasteiger charge is 2.32. The molecule has 1 rings (SSSR count). The molecule has 0 aromatic heterocycles. The fraction of sp³-hybridized carbons (Fsp3) is 0.867. The van der Waals surface area contributed by atoms with Crippen molar-refractivity contribution in [2.75, 3.05) is 6.54 Å². The molecule has 0 bridgehead atoms. The smallest absolute Gasteiger partial charge is 0.223 e. The number of rotatable bonds is 3. The molecule has 1 fully saturated rings. The van der Waals surface area contributed by atoms with Crippen LogP contribution in [0.15, 0.2) is 0 Å². The van der Waals surface area contributed by atoms with Gasteiger partial charge >= 0.3 is 0 Å². The molecule has 0 aromatic carbocycles. The van der Waals surface area contributed by atoms with Gasteiger partial charge in [0.1, 0.15) is 0 Å². The van der Waals surface area contributed by atoms with Gasteiger partial charge in [0.15, 0.2) is 0 Å². The van der Waals surface area contributed by atoms with E-state index in [0.29, 0.717) is 12.0 Å². The van der Waals surface area contributed by atoms with E-state index in [2.05, 4.69) is 32.2 Å². The van der Waals surface area contributed by atoms with Crippen LogP contribution in [-0.4, -0.2) is 12.5 Å². The minimum atomic E-state index is -0.0973. The van der Waals surface area contributed by atoms with Crippen LogP contribution in [0.1, 0.15) is 53.4 Å². The van der Waals surface area contributed by atoms with E-state index in [0.717, 1.165) is 31.6 Å². The number of nitrogens with one attached hydrogen (secondary N) is 1. The van der Waals surface area contributed by atoms with E-state index in [4.69, 9.17) is 5.26 Å². The monoisotopic (exact) mass is 250 g/mol. The predicted molar refractivity (Wildman–Crippen MR) is 72.7 cm³/mol. The second-order valence-electron chi connectivity index (χ2n) is 6.69. The average molecular weight is 250 g/mol. The summed E-state index contributed by atoms with van der Waals surface area (Å²) in [6.07, 6.45) is 4.29. The van der Waals surface area contributed by atoms with Crippen LogP contribution >= 0.6 is 0 Å². The Hall–Kier alpha value is -1.04. The maximum atomic E-state index is 12.0. The first-order chi connectivity index (χ1) is 8.34. The molecule has 0 saturated heterocycles. The third-order valence-electron chi connectivity index (χ3n) is 4.13. The van der Waals surface area contributed by atoms with Crippen LogP contribution in [0.5, 0.6) is 0 Å². The Morgan fingerprint density at radius 1 is 1.33 bits per heavy atom. The summed E-state index contributed by atoms with van der Waals surface area (Å²) in [6.45, 7) is 9.16. The Labute approximate surface area is 111 Å². The molecule has 1 saturated carbocycles. The highest BCUT2D eigenvalue weighted by atomic mass is 16.1. The van der Waals surface area contributed by atoms with Crippen molar-refractivity contribution in [3.05, 3.63) is 0 Å². The van der Waals surface area contributed by atoms with Crippen molar-refractivity contribution in [2.24, 2.45) is 23.2 Å². The summed E-state index contributed by atoms with van der Waals surface area (Å²) < 4.78 is 0. The molecule has 0 heterocycles. The lowest BCUT2D eigenvalue weighted by molar-refractivity contribution is -0.126. The molecule has 18 heavy (non-hydrogen) atoms. The summed E-state index contributed by atoms with van der Waals surface area (Å²) in [5, 5.41) is 11.6. The summed E-state index contributed by atoms with van der Waals surface area (Å²) >= 11 is 0. The summed E-state index contributed by atoms with van der Waals surface area (Å²) in [6, 6.07) is 2.14. The number of carbonyl (C=O) groups excluding carboxylic acids is 1. The number of carbonyl (C=O) groups is 1. The van der Waals surface area contributed by atoms with Crippen LogP contribution in [-0.2, 0) is 4.79 Å². The van der Waals surface area contributed by atoms with E-state index in [1.807, 2.05) is 6.92 Å². The zero-order chi connectivity index (χ0) is 13.8. The minimum Gasteiger partial charge on any atom is -0.355 e. The number of nitriles is 1. The van der Waals surface area contributed by atoms with Crippen LogP contribution < -0.4 is 5.32 Å². The zero-order valence-electron chi connectivity index (χ0n) is 12.1. The summed E-state index contributed by atoms with van der Waals surface area (Å²) in [5.41, 5.74) is 0.358. The van der Waals surface area contributed by atoms with Gasteiger partial charge in [0.2, 0.25) is 5.91 Å². The molecule has 0 spiro atoms. The molecular formula is C15H26N2O. The van der Waals surface area contributed by atoms with Crippen molar-refractivity contribution in [1.82, 2.24) is 5.32 Å². The van der Waals surface area contributed by atoms with Crippen molar-refractivity contribution in [2.45, 2.75) is 53.4 Å². The Kier molecular flexibility index (Phi) is 5.19. The fourth-order valence-electron chi connectivity index (χ4n) is 2.67. The van der Waals surface area contributed by atoms with Gasteiger partial charge in [-0.25, -0.2) is 0 Å². The van der Waals surface area contributed by atoms with Gasteiger partial charge in [0.05, 0.1) is 12.0 Å². The molecule has 1 aliphatic rings. The standard InChI is InChI=1S/C15H26N2O/c1-11(9-16)10-17-14(18)12-5-7-13(8-6-12)15(2,3)4/h11-13H,5-8,10H2,1-4H3,(H,17,18). The molecule has 0 radical (unpaired) electrons. The van der Waals surface area contributed by atoms with E-state index in [-0.39, 0.29) is 17.7 Å². The number of nitrogens with zero attached hydrogens (tertiary/aromatic N) is 1. The Balaban J connectivity index is 2.35. The number of amides is 1. The van der Waals surface area contributed by atoms with Gasteiger partial charge in [-0.1, -0.05) is 20.8 Å². The fourth-order valence-corrected chi connectivity index (χ4v) is 2.67. The number of hydrogen-bond donors (Lipinski definition) is 1. The molecule has 1 atom stereocenters. The lowest BCUT2D eigenvalue weighted by atomic mass is 9.69. The molecule has 0 aromatic rings. The van der Waals surface area contributed by atoms with Gasteiger partial charge in [0.25, 0.3) is 0 Å². The first-order valence-electron chi connectivity index (χ1n) is 7.02. The normalized spacial score (nSPS) is 26.2. The Bertz CT molecular complexity index is 316. The maximum Gasteiger partial charge on any atom is 0.223 e. The Morgan fingerprint density at radius 3 is 2.33 bits per heavy atom. The second-order valence-corrected chi connectivity index (χ2v) is 6.69. The van der Waals surface area contributed by atoms with Crippen molar-refractivity contribution < 1.29 is 4.79 Å². The van der Waals surface area contributed by atoms with Crippen LogP contribution in [0.4, 0.5) is 0 Å². The van der Waals surface area contributed by atoms with E-state index in [1.54, 1.807) is 0 Å². The molecule has 3 nitrogen and oxygen atoms in total. The van der Waals surface area contributed by atoms with Crippen LogP contribution in [0.3, 0.4) is 0 Å². The number of hydrogen-bond acceptors (Lipinski definition) is 2. The molecule has 1 unspecified atom stereocenters. The van der Waals surface area contributed by atoms with Gasteiger partial charge in [-0.2, -0.15) is 5.26 Å². The van der Waals surface area contributed by atoms with Crippen molar-refractivity contribution >= 4 is 5.91 Å². The lowest BCUT2D eigenvalue weighted by Crippen LogP contribution is -2.37. The Morgan fingerprint density at radius 2 is 1.89 bits per heavy atom. The third kappa shape index (κ3) is 4.33. The highest BCUT2D eigenvalue weighted by molar-refractivity contribution is 5.78. The third-order valence-corrected chi connectivity index (χ3v) is 4.13. The van der Waals surface area contributed by atoms with Crippen molar-refractivity contribution in [3.63, 3.8) is 0 Å². The van der Waals surface area contributed by atoms with E-state index in [1.165, 1.54) is 0 Å².